The Balaban J connectivity index is 1.36. The first-order valence-electron chi connectivity index (χ1n) is 14.3. The van der Waals surface area contributed by atoms with Crippen molar-refractivity contribution in [1.82, 2.24) is 10.6 Å². The van der Waals surface area contributed by atoms with E-state index in [1.165, 1.54) is 22.3 Å². The van der Waals surface area contributed by atoms with Gasteiger partial charge in [0.05, 0.1) is 7.11 Å². The number of thiocarbonyl (C=S) groups is 1. The number of hydrogen-bond donors (Lipinski definition) is 2. The van der Waals surface area contributed by atoms with Crippen LogP contribution in [0.4, 0.5) is 17.1 Å². The van der Waals surface area contributed by atoms with Crippen molar-refractivity contribution >= 4 is 58.0 Å². The lowest BCUT2D eigenvalue weighted by Crippen LogP contribution is -2.21. The predicted octanol–water partition coefficient (Wildman–Crippen LogP) is 8.41. The predicted molar refractivity (Wildman–Crippen MR) is 184 cm³/mol. The molecule has 0 aromatic heterocycles. The topological polar surface area (TPSA) is 53.6 Å². The fraction of sp³-hybridized carbons (Fsp3) is 0.0526. The molecular formula is C38H31N3O2S. The minimum atomic E-state index is -0.231. The third kappa shape index (κ3) is 6.46. The average molecular weight is 594 g/mol. The van der Waals surface area contributed by atoms with E-state index in [9.17, 15) is 4.79 Å². The Bertz CT molecular complexity index is 1840. The van der Waals surface area contributed by atoms with E-state index in [-0.39, 0.29) is 5.91 Å². The summed E-state index contributed by atoms with van der Waals surface area (Å²) in [6.45, 7) is 2.11. The second-order valence-electron chi connectivity index (χ2n) is 10.5. The number of amides is 1. The van der Waals surface area contributed by atoms with Crippen LogP contribution in [-0.4, -0.2) is 18.1 Å². The van der Waals surface area contributed by atoms with E-state index in [2.05, 4.69) is 101 Å². The standard InChI is InChI=1S/C38H31N3O2S/c1-26-8-14-30(15-9-26)35(29-6-4-3-5-7-29)24-27-10-16-31(17-11-27)41(33-20-22-34(43-2)23-21-33)32-18-12-28(13-19-32)25-36-37(42)40-38(44)39-36/h3-25H,1-2H3,(H2,39,40,42,44). The Morgan fingerprint density at radius 2 is 1.23 bits per heavy atom. The molecule has 2 N–H and O–H groups in total. The highest BCUT2D eigenvalue weighted by Crippen LogP contribution is 2.36. The Kier molecular flexibility index (Phi) is 8.34. The van der Waals surface area contributed by atoms with Crippen LogP contribution in [0.15, 0.2) is 133 Å². The molecule has 0 bridgehead atoms. The van der Waals surface area contributed by atoms with Gasteiger partial charge in [0.1, 0.15) is 11.4 Å². The average Bonchev–Trinajstić information content (AvgIpc) is 3.38. The summed E-state index contributed by atoms with van der Waals surface area (Å²) in [6, 6.07) is 43.8. The summed E-state index contributed by atoms with van der Waals surface area (Å²) >= 11 is 5.05. The van der Waals surface area contributed by atoms with Gasteiger partial charge in [-0.1, -0.05) is 84.4 Å². The molecule has 1 aliphatic heterocycles. The number of benzene rings is 5. The lowest BCUT2D eigenvalue weighted by Gasteiger charge is -2.26. The Labute approximate surface area is 263 Å². The van der Waals surface area contributed by atoms with Crippen LogP contribution >= 0.6 is 12.2 Å². The highest BCUT2D eigenvalue weighted by Gasteiger charge is 2.20. The monoisotopic (exact) mass is 593 g/mol. The maximum absolute atomic E-state index is 12.1. The van der Waals surface area contributed by atoms with Crippen molar-refractivity contribution in [3.05, 3.63) is 161 Å². The van der Waals surface area contributed by atoms with E-state index in [1.807, 2.05) is 54.6 Å². The first-order valence-corrected chi connectivity index (χ1v) is 14.7. The van der Waals surface area contributed by atoms with Crippen LogP contribution in [0.2, 0.25) is 0 Å². The number of ether oxygens (including phenoxy) is 1. The summed E-state index contributed by atoms with van der Waals surface area (Å²) in [5.41, 5.74) is 10.1. The number of hydrogen-bond acceptors (Lipinski definition) is 4. The molecular weight excluding hydrogens is 563 g/mol. The number of methoxy groups -OCH3 is 1. The van der Waals surface area contributed by atoms with Crippen LogP contribution in [0.3, 0.4) is 0 Å². The molecule has 44 heavy (non-hydrogen) atoms. The Morgan fingerprint density at radius 3 is 1.77 bits per heavy atom. The first-order chi connectivity index (χ1) is 21.5. The molecule has 1 heterocycles. The molecule has 6 heteroatoms. The van der Waals surface area contributed by atoms with Gasteiger partial charge in [-0.3, -0.25) is 10.1 Å². The van der Waals surface area contributed by atoms with Crippen molar-refractivity contribution in [2.75, 3.05) is 12.0 Å². The number of anilines is 3. The van der Waals surface area contributed by atoms with E-state index in [0.717, 1.165) is 33.9 Å². The second kappa shape index (κ2) is 12.8. The third-order valence-corrected chi connectivity index (χ3v) is 7.63. The largest absolute Gasteiger partial charge is 0.497 e. The number of nitrogens with zero attached hydrogens (tertiary/aromatic N) is 1. The molecule has 5 aromatic carbocycles. The van der Waals surface area contributed by atoms with Crippen LogP contribution < -0.4 is 20.3 Å². The number of carbonyl (C=O) groups is 1. The molecule has 0 unspecified atom stereocenters. The van der Waals surface area contributed by atoms with Gasteiger partial charge in [-0.25, -0.2) is 0 Å². The van der Waals surface area contributed by atoms with Crippen LogP contribution in [0.25, 0.3) is 17.7 Å². The molecule has 1 fully saturated rings. The third-order valence-electron chi connectivity index (χ3n) is 7.42. The van der Waals surface area contributed by atoms with Gasteiger partial charge in [-0.15, -0.1) is 0 Å². The number of nitrogens with one attached hydrogen (secondary N) is 2. The van der Waals surface area contributed by atoms with E-state index < -0.39 is 0 Å². The van der Waals surface area contributed by atoms with Gasteiger partial charge in [0.25, 0.3) is 5.91 Å². The molecule has 0 aliphatic carbocycles. The summed E-state index contributed by atoms with van der Waals surface area (Å²) in [5.74, 6) is 0.562. The van der Waals surface area contributed by atoms with Gasteiger partial charge >= 0.3 is 0 Å². The summed E-state index contributed by atoms with van der Waals surface area (Å²) < 4.78 is 5.41. The Morgan fingerprint density at radius 1 is 0.682 bits per heavy atom. The highest BCUT2D eigenvalue weighted by atomic mass is 32.1. The fourth-order valence-corrected chi connectivity index (χ4v) is 5.32. The summed E-state index contributed by atoms with van der Waals surface area (Å²) in [7, 11) is 1.67. The quantitative estimate of drug-likeness (QED) is 0.108. The van der Waals surface area contributed by atoms with E-state index in [0.29, 0.717) is 10.8 Å². The van der Waals surface area contributed by atoms with Crippen molar-refractivity contribution in [2.24, 2.45) is 0 Å². The van der Waals surface area contributed by atoms with E-state index in [4.69, 9.17) is 17.0 Å². The van der Waals surface area contributed by atoms with Crippen molar-refractivity contribution in [1.29, 1.82) is 0 Å². The van der Waals surface area contributed by atoms with Gasteiger partial charge in [-0.2, -0.15) is 0 Å². The van der Waals surface area contributed by atoms with Gasteiger partial charge in [0.2, 0.25) is 0 Å². The number of carbonyl (C=O) groups excluding carboxylic acids is 1. The SMILES string of the molecule is COc1ccc(N(c2ccc(C=C3NC(=S)NC3=O)cc2)c2ccc(C=C(c3ccccc3)c3ccc(C)cc3)cc2)cc1. The smallest absolute Gasteiger partial charge is 0.273 e. The zero-order valence-corrected chi connectivity index (χ0v) is 25.3. The van der Waals surface area contributed by atoms with Crippen LogP contribution in [0, 0.1) is 6.92 Å². The van der Waals surface area contributed by atoms with Gasteiger partial charge in [-0.05, 0) is 108 Å². The molecule has 6 rings (SSSR count). The zero-order valence-electron chi connectivity index (χ0n) is 24.5. The molecule has 1 amide bonds. The molecule has 0 atom stereocenters. The fourth-order valence-electron chi connectivity index (χ4n) is 5.12. The summed E-state index contributed by atoms with van der Waals surface area (Å²) in [4.78, 5) is 14.3. The number of aryl methyl sites for hydroxylation is 1. The van der Waals surface area contributed by atoms with Gasteiger partial charge in [0, 0.05) is 17.1 Å². The lowest BCUT2D eigenvalue weighted by molar-refractivity contribution is -0.115. The first kappa shape index (κ1) is 28.6. The van der Waals surface area contributed by atoms with Gasteiger partial charge < -0.3 is 15.0 Å². The molecule has 5 aromatic rings. The minimum absolute atomic E-state index is 0.231. The van der Waals surface area contributed by atoms with Gasteiger partial charge in [0.15, 0.2) is 5.11 Å². The molecule has 0 radical (unpaired) electrons. The lowest BCUT2D eigenvalue weighted by atomic mass is 9.95. The van der Waals surface area contributed by atoms with Crippen molar-refractivity contribution in [2.45, 2.75) is 6.92 Å². The van der Waals surface area contributed by atoms with Crippen molar-refractivity contribution in [3.8, 4) is 5.75 Å². The van der Waals surface area contributed by atoms with Crippen LogP contribution in [0.1, 0.15) is 27.8 Å². The molecule has 1 saturated heterocycles. The zero-order chi connectivity index (χ0) is 30.5. The molecule has 5 nitrogen and oxygen atoms in total. The van der Waals surface area contributed by atoms with Crippen molar-refractivity contribution < 1.29 is 9.53 Å². The molecule has 1 aliphatic rings. The van der Waals surface area contributed by atoms with Crippen LogP contribution in [0.5, 0.6) is 5.75 Å². The van der Waals surface area contributed by atoms with Crippen LogP contribution in [-0.2, 0) is 4.79 Å². The Hall–Kier alpha value is -5.46. The summed E-state index contributed by atoms with van der Waals surface area (Å²) in [6.07, 6.45) is 4.03. The van der Waals surface area contributed by atoms with E-state index >= 15 is 0 Å². The van der Waals surface area contributed by atoms with E-state index in [1.54, 1.807) is 13.2 Å². The maximum Gasteiger partial charge on any atom is 0.273 e. The molecule has 216 valence electrons. The highest BCUT2D eigenvalue weighted by molar-refractivity contribution is 7.80. The molecule has 0 saturated carbocycles. The summed E-state index contributed by atoms with van der Waals surface area (Å²) in [5, 5.41) is 5.81. The molecule has 0 spiro atoms. The maximum atomic E-state index is 12.1. The normalized spacial score (nSPS) is 13.9. The number of rotatable bonds is 8. The second-order valence-corrected chi connectivity index (χ2v) is 10.9. The van der Waals surface area contributed by atoms with Crippen molar-refractivity contribution in [3.63, 3.8) is 0 Å². The minimum Gasteiger partial charge on any atom is -0.497 e.